The third-order valence-electron chi connectivity index (χ3n) is 5.96. The summed E-state index contributed by atoms with van der Waals surface area (Å²) in [6.07, 6.45) is 0. The normalized spacial score (nSPS) is 11.9. The van der Waals surface area contributed by atoms with Gasteiger partial charge in [-0.3, -0.25) is 14.7 Å². The first-order valence-electron chi connectivity index (χ1n) is 11.6. The molecule has 0 unspecified atom stereocenters. The van der Waals surface area contributed by atoms with Gasteiger partial charge in [-0.25, -0.2) is 0 Å². The molecule has 9 heteroatoms. The Balaban J connectivity index is 1.38. The molecule has 0 aliphatic rings. The van der Waals surface area contributed by atoms with E-state index in [1.165, 1.54) is 11.8 Å². The number of rotatable bonds is 9. The second-order valence-electron chi connectivity index (χ2n) is 8.44. The average Bonchev–Trinajstić information content (AvgIpc) is 3.27. The quantitative estimate of drug-likeness (QED) is 0.105. The smallest absolute Gasteiger partial charge is 0.220 e. The number of nitrogens with zero attached hydrogens (tertiary/aromatic N) is 4. The van der Waals surface area contributed by atoms with Crippen LogP contribution in [0.25, 0.3) is 16.5 Å². The van der Waals surface area contributed by atoms with Gasteiger partial charge in [0.05, 0.1) is 4.47 Å². The number of hydrogen-bond acceptors (Lipinski definition) is 6. The van der Waals surface area contributed by atoms with Gasteiger partial charge in [-0.2, -0.15) is 0 Å². The fraction of sp³-hybridized carbons (Fsp3) is 0.143. The lowest BCUT2D eigenvalue weighted by atomic mass is 10.1. The highest BCUT2D eigenvalue weighted by molar-refractivity contribution is 9.10. The lowest BCUT2D eigenvalue weighted by Crippen LogP contribution is -2.11. The highest BCUT2D eigenvalue weighted by Crippen LogP contribution is 2.39. The Bertz CT molecular complexity index is 1550. The highest BCUT2D eigenvalue weighted by Gasteiger charge is 2.24. The average molecular weight is 575 g/mol. The summed E-state index contributed by atoms with van der Waals surface area (Å²) in [7, 11) is 0. The molecule has 0 aliphatic heterocycles. The van der Waals surface area contributed by atoms with Crippen LogP contribution >= 0.6 is 27.7 Å². The van der Waals surface area contributed by atoms with Gasteiger partial charge >= 0.3 is 0 Å². The fourth-order valence-electron chi connectivity index (χ4n) is 4.18. The molecule has 1 atom stereocenters. The van der Waals surface area contributed by atoms with Crippen LogP contribution in [-0.2, 0) is 6.61 Å². The summed E-state index contributed by atoms with van der Waals surface area (Å²) in [4.78, 5) is 11.3. The first-order chi connectivity index (χ1) is 18.0. The van der Waals surface area contributed by atoms with Crippen molar-refractivity contribution >= 4 is 38.5 Å². The van der Waals surface area contributed by atoms with Crippen molar-refractivity contribution in [1.82, 2.24) is 14.8 Å². The molecule has 0 saturated carbocycles. The second-order valence-corrected chi connectivity index (χ2v) is 10.5. The molecule has 186 valence electrons. The molecule has 0 bridgehead atoms. The summed E-state index contributed by atoms with van der Waals surface area (Å²) in [5.74, 6) is 1.39. The molecule has 0 N–H and O–H groups in total. The number of thioether (sulfide) groups is 1. The third kappa shape index (κ3) is 5.68. The van der Waals surface area contributed by atoms with E-state index in [0.717, 1.165) is 32.1 Å². The van der Waals surface area contributed by atoms with E-state index in [4.69, 9.17) is 4.74 Å². The van der Waals surface area contributed by atoms with Crippen molar-refractivity contribution in [2.45, 2.75) is 23.9 Å². The Morgan fingerprint density at radius 3 is 2.54 bits per heavy atom. The Kier molecular flexibility index (Phi) is 7.52. The van der Waals surface area contributed by atoms with Gasteiger partial charge in [-0.05, 0) is 69.0 Å². The zero-order valence-electron chi connectivity index (χ0n) is 20.0. The maximum absolute atomic E-state index is 11.6. The molecule has 0 fully saturated rings. The van der Waals surface area contributed by atoms with E-state index in [0.29, 0.717) is 23.3 Å². The van der Waals surface area contributed by atoms with Gasteiger partial charge in [-0.1, -0.05) is 78.5 Å². The van der Waals surface area contributed by atoms with Gasteiger partial charge in [0.2, 0.25) is 6.54 Å². The molecule has 1 heterocycles. The minimum absolute atomic E-state index is 0.256. The summed E-state index contributed by atoms with van der Waals surface area (Å²) in [6.45, 7) is 2.02. The molecule has 4 aromatic carbocycles. The summed E-state index contributed by atoms with van der Waals surface area (Å²) in [5.41, 5.74) is 2.79. The molecule has 5 rings (SSSR count). The van der Waals surface area contributed by atoms with Gasteiger partial charge in [-0.15, -0.1) is 10.2 Å². The minimum Gasteiger partial charge on any atom is -0.488 e. The number of aromatic nitrogens is 3. The number of hydrogen-bond donors (Lipinski definition) is 0. The van der Waals surface area contributed by atoms with Crippen LogP contribution in [0.1, 0.15) is 22.2 Å². The van der Waals surface area contributed by atoms with Gasteiger partial charge < -0.3 is 4.74 Å². The van der Waals surface area contributed by atoms with E-state index >= 15 is 0 Å². The molecule has 0 aliphatic carbocycles. The molecule has 7 nitrogen and oxygen atoms in total. The SMILES string of the molecule is Cc1nnc(S[C@@H](C[N+](=O)[O-])c2ccc(OCc3cccc4ccccc34)c(Br)c2)n1-c1ccccc1. The summed E-state index contributed by atoms with van der Waals surface area (Å²) in [5, 5.41) is 22.5. The van der Waals surface area contributed by atoms with E-state index in [-0.39, 0.29) is 11.5 Å². The number of fused-ring (bicyclic) bond motifs is 1. The highest BCUT2D eigenvalue weighted by atomic mass is 79.9. The van der Waals surface area contributed by atoms with E-state index in [9.17, 15) is 10.1 Å². The lowest BCUT2D eigenvalue weighted by Gasteiger charge is -2.16. The molecule has 37 heavy (non-hydrogen) atoms. The number of ether oxygens (including phenoxy) is 1. The number of benzene rings is 4. The van der Waals surface area contributed by atoms with Gasteiger partial charge in [0, 0.05) is 10.6 Å². The monoisotopic (exact) mass is 574 g/mol. The predicted molar refractivity (Wildman–Crippen MR) is 149 cm³/mol. The molecule has 5 aromatic rings. The molecular formula is C28H23BrN4O3S. The molecule has 0 saturated heterocycles. The Hall–Kier alpha value is -3.69. The lowest BCUT2D eigenvalue weighted by molar-refractivity contribution is -0.479. The van der Waals surface area contributed by atoms with Crippen LogP contribution in [0, 0.1) is 17.0 Å². The first kappa shape index (κ1) is 25.0. The van der Waals surface area contributed by atoms with Crippen LogP contribution in [0.2, 0.25) is 0 Å². The first-order valence-corrected chi connectivity index (χ1v) is 13.3. The predicted octanol–water partition coefficient (Wildman–Crippen LogP) is 7.18. The van der Waals surface area contributed by atoms with Crippen LogP contribution in [-0.4, -0.2) is 26.2 Å². The Labute approximate surface area is 226 Å². The summed E-state index contributed by atoms with van der Waals surface area (Å²) < 4.78 is 8.78. The van der Waals surface area contributed by atoms with Crippen molar-refractivity contribution in [3.63, 3.8) is 0 Å². The van der Waals surface area contributed by atoms with Crippen LogP contribution < -0.4 is 4.74 Å². The van der Waals surface area contributed by atoms with E-state index in [1.54, 1.807) is 0 Å². The molecular weight excluding hydrogens is 552 g/mol. The van der Waals surface area contributed by atoms with Crippen LogP contribution in [0.4, 0.5) is 0 Å². The van der Waals surface area contributed by atoms with Crippen molar-refractivity contribution in [3.05, 3.63) is 123 Å². The van der Waals surface area contributed by atoms with Gasteiger partial charge in [0.15, 0.2) is 5.16 Å². The Morgan fingerprint density at radius 1 is 1.00 bits per heavy atom. The topological polar surface area (TPSA) is 83.1 Å². The zero-order chi connectivity index (χ0) is 25.8. The molecule has 1 aromatic heterocycles. The van der Waals surface area contributed by atoms with Gasteiger partial charge in [0.1, 0.15) is 23.4 Å². The van der Waals surface area contributed by atoms with Crippen LogP contribution in [0.15, 0.2) is 101 Å². The van der Waals surface area contributed by atoms with E-state index in [1.807, 2.05) is 78.2 Å². The number of halogens is 1. The van der Waals surface area contributed by atoms with Crippen molar-refractivity contribution in [2.75, 3.05) is 6.54 Å². The van der Waals surface area contributed by atoms with Crippen molar-refractivity contribution in [1.29, 1.82) is 0 Å². The maximum atomic E-state index is 11.6. The minimum atomic E-state index is -0.468. The van der Waals surface area contributed by atoms with Crippen LogP contribution in [0.3, 0.4) is 0 Å². The Morgan fingerprint density at radius 2 is 1.76 bits per heavy atom. The van der Waals surface area contributed by atoms with Gasteiger partial charge in [0.25, 0.3) is 0 Å². The zero-order valence-corrected chi connectivity index (χ0v) is 22.4. The van der Waals surface area contributed by atoms with Crippen molar-refractivity contribution < 1.29 is 9.66 Å². The van der Waals surface area contributed by atoms with Crippen LogP contribution in [0.5, 0.6) is 5.75 Å². The molecule has 0 radical (unpaired) electrons. The third-order valence-corrected chi connectivity index (χ3v) is 7.76. The van der Waals surface area contributed by atoms with Crippen molar-refractivity contribution in [2.24, 2.45) is 0 Å². The molecule has 0 spiro atoms. The number of aryl methyl sites for hydroxylation is 1. The van der Waals surface area contributed by atoms with E-state index < -0.39 is 5.25 Å². The maximum Gasteiger partial charge on any atom is 0.220 e. The number of para-hydroxylation sites is 1. The largest absolute Gasteiger partial charge is 0.488 e. The fourth-order valence-corrected chi connectivity index (χ4v) is 5.85. The van der Waals surface area contributed by atoms with Crippen molar-refractivity contribution in [3.8, 4) is 11.4 Å². The number of nitro groups is 1. The second kappa shape index (κ2) is 11.1. The molecule has 0 amide bonds. The summed E-state index contributed by atoms with van der Waals surface area (Å²) in [6, 6.07) is 29.7. The van der Waals surface area contributed by atoms with E-state index in [2.05, 4.69) is 50.4 Å². The summed E-state index contributed by atoms with van der Waals surface area (Å²) >= 11 is 4.93. The standard InChI is InChI=1S/C28H23BrN4O3S/c1-19-30-31-28(33(19)23-11-3-2-4-12-23)37-27(17-32(34)35)21-14-15-26(25(29)16-21)36-18-22-10-7-9-20-8-5-6-13-24(20)22/h2-16,27H,17-18H2,1H3/t27-/m0/s1.